The highest BCUT2D eigenvalue weighted by molar-refractivity contribution is 7.99. The average Bonchev–Trinajstić information content (AvgIpc) is 2.84. The summed E-state index contributed by atoms with van der Waals surface area (Å²) in [6, 6.07) is 0.534. The highest BCUT2D eigenvalue weighted by Crippen LogP contribution is 2.32. The summed E-state index contributed by atoms with van der Waals surface area (Å²) in [4.78, 5) is 22.6. The van der Waals surface area contributed by atoms with Crippen LogP contribution < -0.4 is 5.73 Å². The highest BCUT2D eigenvalue weighted by atomic mass is 32.2. The van der Waals surface area contributed by atoms with Crippen molar-refractivity contribution < 1.29 is 23.8 Å². The molecule has 0 unspecified atom stereocenters. The third kappa shape index (κ3) is 4.01. The minimum absolute atomic E-state index is 0.284. The Labute approximate surface area is 121 Å². The predicted molar refractivity (Wildman–Crippen MR) is 75.6 cm³/mol. The lowest BCUT2D eigenvalue weighted by Gasteiger charge is -2.27. The Bertz CT molecular complexity index is 483. The molecule has 112 valence electrons. The fourth-order valence-corrected chi connectivity index (χ4v) is 2.49. The molecule has 0 aromatic carbocycles. The van der Waals surface area contributed by atoms with Crippen molar-refractivity contribution in [2.45, 2.75) is 37.3 Å². The van der Waals surface area contributed by atoms with Gasteiger partial charge < -0.3 is 20.0 Å². The summed E-state index contributed by atoms with van der Waals surface area (Å²) in [6.45, 7) is 5.49. The van der Waals surface area contributed by atoms with Crippen LogP contribution in [-0.4, -0.2) is 34.4 Å². The van der Waals surface area contributed by atoms with Gasteiger partial charge in [-0.05, 0) is 26.8 Å². The van der Waals surface area contributed by atoms with E-state index in [2.05, 4.69) is 0 Å². The molecule has 6 nitrogen and oxygen atoms in total. The molecule has 0 radical (unpaired) electrons. The van der Waals surface area contributed by atoms with Gasteiger partial charge in [0.1, 0.15) is 17.4 Å². The SMILES string of the molecule is CCOC(=O)c1ccoc1CSC(C)(C)[C@H](N)C(=O)O. The van der Waals surface area contributed by atoms with E-state index in [4.69, 9.17) is 20.0 Å². The largest absolute Gasteiger partial charge is 0.480 e. The van der Waals surface area contributed by atoms with E-state index >= 15 is 0 Å². The minimum Gasteiger partial charge on any atom is -0.480 e. The van der Waals surface area contributed by atoms with E-state index in [1.54, 1.807) is 20.8 Å². The second-order valence-corrected chi connectivity index (χ2v) is 6.32. The maximum absolute atomic E-state index is 11.7. The summed E-state index contributed by atoms with van der Waals surface area (Å²) >= 11 is 1.32. The topological polar surface area (TPSA) is 103 Å². The molecule has 1 aromatic rings. The lowest BCUT2D eigenvalue weighted by atomic mass is 10.1. The Hall–Kier alpha value is -1.47. The molecular formula is C13H19NO5S. The van der Waals surface area contributed by atoms with Crippen LogP contribution in [0, 0.1) is 0 Å². The highest BCUT2D eigenvalue weighted by Gasteiger charge is 2.33. The number of furan rings is 1. The molecule has 0 bridgehead atoms. The van der Waals surface area contributed by atoms with Crippen molar-refractivity contribution in [1.29, 1.82) is 0 Å². The van der Waals surface area contributed by atoms with Crippen LogP contribution >= 0.6 is 11.8 Å². The van der Waals surface area contributed by atoms with Crippen molar-refractivity contribution in [2.24, 2.45) is 5.73 Å². The number of carboxylic acid groups (broad SMARTS) is 1. The Kier molecular flexibility index (Phi) is 5.64. The molecule has 1 rings (SSSR count). The van der Waals surface area contributed by atoms with Crippen LogP contribution in [0.5, 0.6) is 0 Å². The van der Waals surface area contributed by atoms with Crippen LogP contribution in [0.15, 0.2) is 16.7 Å². The standard InChI is InChI=1S/C13H19NO5S/c1-4-18-12(17)8-5-6-19-9(8)7-20-13(2,3)10(14)11(15)16/h5-6,10H,4,7,14H2,1-3H3,(H,15,16)/t10-/m1/s1. The van der Waals surface area contributed by atoms with Crippen molar-refractivity contribution in [3.63, 3.8) is 0 Å². The predicted octanol–water partition coefficient (Wildman–Crippen LogP) is 1.88. The third-order valence-corrected chi connectivity index (χ3v) is 4.24. The first-order valence-electron chi connectivity index (χ1n) is 6.15. The summed E-state index contributed by atoms with van der Waals surface area (Å²) in [5, 5.41) is 8.95. The number of aliphatic carboxylic acids is 1. The molecule has 1 atom stereocenters. The normalized spacial score (nSPS) is 13.0. The van der Waals surface area contributed by atoms with Crippen LogP contribution in [0.1, 0.15) is 36.9 Å². The van der Waals surface area contributed by atoms with Crippen molar-refractivity contribution in [3.05, 3.63) is 23.7 Å². The number of carboxylic acids is 1. The van der Waals surface area contributed by atoms with E-state index in [1.165, 1.54) is 24.1 Å². The molecule has 1 aromatic heterocycles. The Balaban J connectivity index is 2.73. The second-order valence-electron chi connectivity index (χ2n) is 4.69. The Morgan fingerprint density at radius 3 is 2.75 bits per heavy atom. The van der Waals surface area contributed by atoms with E-state index in [1.807, 2.05) is 0 Å². The van der Waals surface area contributed by atoms with Gasteiger partial charge >= 0.3 is 11.9 Å². The molecule has 0 aliphatic heterocycles. The number of rotatable bonds is 7. The number of carbonyl (C=O) groups is 2. The average molecular weight is 301 g/mol. The zero-order chi connectivity index (χ0) is 15.3. The van der Waals surface area contributed by atoms with Crippen LogP contribution in [0.25, 0.3) is 0 Å². The fraction of sp³-hybridized carbons (Fsp3) is 0.538. The van der Waals surface area contributed by atoms with Gasteiger partial charge in [-0.1, -0.05) is 0 Å². The lowest BCUT2D eigenvalue weighted by Crippen LogP contribution is -2.46. The quantitative estimate of drug-likeness (QED) is 0.741. The Morgan fingerprint density at radius 1 is 1.55 bits per heavy atom. The molecule has 1 heterocycles. The summed E-state index contributed by atoms with van der Waals surface area (Å²) < 4.78 is 9.49. The molecule has 0 fully saturated rings. The number of hydrogen-bond donors (Lipinski definition) is 2. The smallest absolute Gasteiger partial charge is 0.341 e. The van der Waals surface area contributed by atoms with Crippen molar-refractivity contribution >= 4 is 23.7 Å². The van der Waals surface area contributed by atoms with Crippen LogP contribution in [0.4, 0.5) is 0 Å². The first-order chi connectivity index (χ1) is 9.29. The molecular weight excluding hydrogens is 282 g/mol. The lowest BCUT2D eigenvalue weighted by molar-refractivity contribution is -0.139. The molecule has 0 saturated heterocycles. The zero-order valence-electron chi connectivity index (χ0n) is 11.7. The van der Waals surface area contributed by atoms with Gasteiger partial charge in [0.2, 0.25) is 0 Å². The number of esters is 1. The molecule has 3 N–H and O–H groups in total. The summed E-state index contributed by atoms with van der Waals surface area (Å²) in [5.74, 6) is -0.710. The maximum Gasteiger partial charge on any atom is 0.341 e. The van der Waals surface area contributed by atoms with Crippen LogP contribution in [0.3, 0.4) is 0 Å². The van der Waals surface area contributed by atoms with Gasteiger partial charge in [0.05, 0.1) is 18.6 Å². The summed E-state index contributed by atoms with van der Waals surface area (Å²) in [6.07, 6.45) is 1.41. The first-order valence-corrected chi connectivity index (χ1v) is 7.14. The van der Waals surface area contributed by atoms with E-state index < -0.39 is 22.7 Å². The fourth-order valence-electron chi connectivity index (χ4n) is 1.48. The van der Waals surface area contributed by atoms with Gasteiger partial charge in [-0.2, -0.15) is 0 Å². The number of carbonyl (C=O) groups excluding carboxylic acids is 1. The minimum atomic E-state index is -1.06. The maximum atomic E-state index is 11.7. The summed E-state index contributed by atoms with van der Waals surface area (Å²) in [7, 11) is 0. The van der Waals surface area contributed by atoms with Gasteiger partial charge in [-0.25, -0.2) is 4.79 Å². The molecule has 7 heteroatoms. The van der Waals surface area contributed by atoms with Gasteiger partial charge in [-0.3, -0.25) is 4.79 Å². The van der Waals surface area contributed by atoms with Gasteiger partial charge in [-0.15, -0.1) is 11.8 Å². The number of hydrogen-bond acceptors (Lipinski definition) is 6. The third-order valence-electron chi connectivity index (χ3n) is 2.83. The van der Waals surface area contributed by atoms with Gasteiger partial charge in [0, 0.05) is 4.75 Å². The van der Waals surface area contributed by atoms with Crippen LogP contribution in [0.2, 0.25) is 0 Å². The number of thioether (sulfide) groups is 1. The zero-order valence-corrected chi connectivity index (χ0v) is 12.5. The van der Waals surface area contributed by atoms with Crippen LogP contribution in [-0.2, 0) is 15.3 Å². The molecule has 0 aliphatic rings. The van der Waals surface area contributed by atoms with Crippen molar-refractivity contribution in [3.8, 4) is 0 Å². The summed E-state index contributed by atoms with van der Waals surface area (Å²) in [5.41, 5.74) is 6.00. The van der Waals surface area contributed by atoms with E-state index in [0.717, 1.165) is 0 Å². The molecule has 0 aliphatic carbocycles. The number of nitrogens with two attached hydrogens (primary N) is 1. The van der Waals surface area contributed by atoms with E-state index in [0.29, 0.717) is 17.1 Å². The second kappa shape index (κ2) is 6.81. The van der Waals surface area contributed by atoms with Gasteiger partial charge in [0.15, 0.2) is 0 Å². The van der Waals surface area contributed by atoms with E-state index in [9.17, 15) is 9.59 Å². The number of ether oxygens (including phenoxy) is 1. The van der Waals surface area contributed by atoms with Crippen molar-refractivity contribution in [1.82, 2.24) is 0 Å². The molecule has 20 heavy (non-hydrogen) atoms. The van der Waals surface area contributed by atoms with E-state index in [-0.39, 0.29) is 6.61 Å². The molecule has 0 spiro atoms. The van der Waals surface area contributed by atoms with Crippen molar-refractivity contribution in [2.75, 3.05) is 6.61 Å². The molecule has 0 amide bonds. The van der Waals surface area contributed by atoms with Gasteiger partial charge in [0.25, 0.3) is 0 Å². The molecule has 0 saturated carbocycles. The monoisotopic (exact) mass is 301 g/mol. The Morgan fingerprint density at radius 2 is 2.20 bits per heavy atom. The first kappa shape index (κ1) is 16.6.